The van der Waals surface area contributed by atoms with E-state index >= 15 is 0 Å². The first-order chi connectivity index (χ1) is 9.76. The maximum Gasteiger partial charge on any atom is 0.407 e. The monoisotopic (exact) mass is 283 g/mol. The van der Waals surface area contributed by atoms with Crippen LogP contribution in [0.2, 0.25) is 0 Å². The van der Waals surface area contributed by atoms with Crippen LogP contribution in [-0.2, 0) is 20.8 Å². The van der Waals surface area contributed by atoms with Gasteiger partial charge in [0, 0.05) is 7.11 Å². The minimum atomic E-state index is -0.580. The Balaban J connectivity index is 2.21. The fourth-order valence-electron chi connectivity index (χ4n) is 1.44. The molecule has 0 aliphatic carbocycles. The molecule has 0 aliphatic heterocycles. The Bertz CT molecular complexity index is 371. The average molecular weight is 283 g/mol. The minimum Gasteiger partial charge on any atom is -0.445 e. The molecule has 0 fully saturated rings. The molecule has 6 nitrogen and oxygen atoms in total. The molecule has 0 unspecified atom stereocenters. The Morgan fingerprint density at radius 2 is 2.05 bits per heavy atom. The highest BCUT2D eigenvalue weighted by molar-refractivity contribution is 5.67. The average Bonchev–Trinajstić information content (AvgIpc) is 2.49. The molecular formula is C14H21NO5. The van der Waals surface area contributed by atoms with Crippen molar-refractivity contribution in [1.82, 2.24) is 5.32 Å². The summed E-state index contributed by atoms with van der Waals surface area (Å²) in [7, 11) is 1.58. The van der Waals surface area contributed by atoms with Crippen molar-refractivity contribution < 1.29 is 24.1 Å². The number of alkyl carbamates (subject to hydrolysis) is 1. The van der Waals surface area contributed by atoms with Gasteiger partial charge in [-0.25, -0.2) is 4.79 Å². The number of ether oxygens (including phenoxy) is 3. The number of carbonyl (C=O) groups excluding carboxylic acids is 1. The molecule has 0 spiro atoms. The first kappa shape index (κ1) is 16.4. The van der Waals surface area contributed by atoms with Gasteiger partial charge in [-0.3, -0.25) is 0 Å². The van der Waals surface area contributed by atoms with E-state index in [0.717, 1.165) is 5.56 Å². The summed E-state index contributed by atoms with van der Waals surface area (Å²) in [5.41, 5.74) is 0.902. The van der Waals surface area contributed by atoms with Crippen LogP contribution < -0.4 is 5.32 Å². The third kappa shape index (κ3) is 7.08. The lowest BCUT2D eigenvalue weighted by molar-refractivity contribution is 0.0458. The highest BCUT2D eigenvalue weighted by atomic mass is 16.5. The van der Waals surface area contributed by atoms with E-state index in [9.17, 15) is 4.79 Å². The highest BCUT2D eigenvalue weighted by Crippen LogP contribution is 2.00. The summed E-state index contributed by atoms with van der Waals surface area (Å²) < 4.78 is 15.1. The number of nitrogens with one attached hydrogen (secondary N) is 1. The second-order valence-corrected chi connectivity index (χ2v) is 4.15. The number of benzene rings is 1. The predicted molar refractivity (Wildman–Crippen MR) is 73.3 cm³/mol. The Hall–Kier alpha value is -1.63. The van der Waals surface area contributed by atoms with Crippen molar-refractivity contribution in [2.75, 3.05) is 33.5 Å². The standard InChI is InChI=1S/C14H21NO5/c1-18-7-8-19-11-13(9-16)15-14(17)20-10-12-5-3-2-4-6-12/h2-6,13,16H,7-11H2,1H3,(H,15,17)/t13-/m1/s1. The molecule has 0 saturated carbocycles. The lowest BCUT2D eigenvalue weighted by atomic mass is 10.2. The van der Waals surface area contributed by atoms with E-state index in [0.29, 0.717) is 13.2 Å². The van der Waals surface area contributed by atoms with Crippen LogP contribution in [-0.4, -0.2) is 50.8 Å². The van der Waals surface area contributed by atoms with Crippen molar-refractivity contribution in [1.29, 1.82) is 0 Å². The van der Waals surface area contributed by atoms with Gasteiger partial charge in [0.25, 0.3) is 0 Å². The fourth-order valence-corrected chi connectivity index (χ4v) is 1.44. The van der Waals surface area contributed by atoms with E-state index in [2.05, 4.69) is 5.32 Å². The van der Waals surface area contributed by atoms with Crippen molar-refractivity contribution in [3.05, 3.63) is 35.9 Å². The number of amides is 1. The van der Waals surface area contributed by atoms with Crippen LogP contribution in [0.15, 0.2) is 30.3 Å². The fraction of sp³-hybridized carbons (Fsp3) is 0.500. The van der Waals surface area contributed by atoms with Crippen LogP contribution >= 0.6 is 0 Å². The van der Waals surface area contributed by atoms with E-state index in [-0.39, 0.29) is 19.8 Å². The summed E-state index contributed by atoms with van der Waals surface area (Å²) in [5, 5.41) is 11.7. The van der Waals surface area contributed by atoms with E-state index < -0.39 is 12.1 Å². The van der Waals surface area contributed by atoms with Gasteiger partial charge in [0.2, 0.25) is 0 Å². The van der Waals surface area contributed by atoms with Crippen molar-refractivity contribution in [3.63, 3.8) is 0 Å². The molecule has 1 rings (SSSR count). The first-order valence-corrected chi connectivity index (χ1v) is 6.41. The smallest absolute Gasteiger partial charge is 0.407 e. The summed E-state index contributed by atoms with van der Waals surface area (Å²) in [6.45, 7) is 1.06. The van der Waals surface area contributed by atoms with Crippen molar-refractivity contribution in [3.8, 4) is 0 Å². The van der Waals surface area contributed by atoms with Crippen molar-refractivity contribution >= 4 is 6.09 Å². The maximum atomic E-state index is 11.5. The number of methoxy groups -OCH3 is 1. The number of hydrogen-bond donors (Lipinski definition) is 2. The zero-order chi connectivity index (χ0) is 14.6. The molecule has 20 heavy (non-hydrogen) atoms. The molecule has 1 aromatic carbocycles. The largest absolute Gasteiger partial charge is 0.445 e. The van der Waals surface area contributed by atoms with Gasteiger partial charge in [0.15, 0.2) is 0 Å². The van der Waals surface area contributed by atoms with E-state index in [1.54, 1.807) is 7.11 Å². The molecule has 0 saturated heterocycles. The highest BCUT2D eigenvalue weighted by Gasteiger charge is 2.12. The summed E-state index contributed by atoms with van der Waals surface area (Å²) in [5.74, 6) is 0. The van der Waals surface area contributed by atoms with Gasteiger partial charge in [-0.2, -0.15) is 0 Å². The summed E-state index contributed by atoms with van der Waals surface area (Å²) >= 11 is 0. The molecule has 1 amide bonds. The molecule has 0 aromatic heterocycles. The Labute approximate surface area is 118 Å². The number of aliphatic hydroxyl groups excluding tert-OH is 1. The third-order valence-electron chi connectivity index (χ3n) is 2.51. The third-order valence-corrected chi connectivity index (χ3v) is 2.51. The van der Waals surface area contributed by atoms with E-state index in [1.807, 2.05) is 30.3 Å². The Kier molecular flexibility index (Phi) is 8.37. The summed E-state index contributed by atoms with van der Waals surface area (Å²) in [6.07, 6.45) is -0.580. The lowest BCUT2D eigenvalue weighted by Crippen LogP contribution is -2.41. The van der Waals surface area contributed by atoms with Crippen LogP contribution in [0.25, 0.3) is 0 Å². The van der Waals surface area contributed by atoms with E-state index in [4.69, 9.17) is 19.3 Å². The molecular weight excluding hydrogens is 262 g/mol. The normalized spacial score (nSPS) is 11.9. The first-order valence-electron chi connectivity index (χ1n) is 6.41. The number of hydrogen-bond acceptors (Lipinski definition) is 5. The van der Waals surface area contributed by atoms with Gasteiger partial charge in [0.05, 0.1) is 32.5 Å². The number of carbonyl (C=O) groups is 1. The SMILES string of the molecule is COCCOC[C@@H](CO)NC(=O)OCc1ccccc1. The van der Waals surface area contributed by atoms with Crippen LogP contribution in [0.1, 0.15) is 5.56 Å². The van der Waals surface area contributed by atoms with Gasteiger partial charge in [0.1, 0.15) is 6.61 Å². The molecule has 0 radical (unpaired) electrons. The second-order valence-electron chi connectivity index (χ2n) is 4.15. The Morgan fingerprint density at radius 3 is 2.70 bits per heavy atom. The van der Waals surface area contributed by atoms with Crippen LogP contribution in [0, 0.1) is 0 Å². The van der Waals surface area contributed by atoms with Gasteiger partial charge < -0.3 is 24.6 Å². The molecule has 0 heterocycles. The zero-order valence-electron chi connectivity index (χ0n) is 11.6. The summed E-state index contributed by atoms with van der Waals surface area (Å²) in [4.78, 5) is 11.5. The summed E-state index contributed by atoms with van der Waals surface area (Å²) in [6, 6.07) is 8.88. The van der Waals surface area contributed by atoms with Gasteiger partial charge in [-0.1, -0.05) is 30.3 Å². The molecule has 0 aliphatic rings. The second kappa shape index (κ2) is 10.2. The molecule has 1 atom stereocenters. The maximum absolute atomic E-state index is 11.5. The van der Waals surface area contributed by atoms with Crippen LogP contribution in [0.4, 0.5) is 4.79 Å². The Morgan fingerprint density at radius 1 is 1.30 bits per heavy atom. The zero-order valence-corrected chi connectivity index (χ0v) is 11.6. The van der Waals surface area contributed by atoms with Crippen molar-refractivity contribution in [2.24, 2.45) is 0 Å². The quantitative estimate of drug-likeness (QED) is 0.659. The lowest BCUT2D eigenvalue weighted by Gasteiger charge is -2.16. The predicted octanol–water partition coefficient (Wildman–Crippen LogP) is 0.937. The van der Waals surface area contributed by atoms with Gasteiger partial charge in [-0.15, -0.1) is 0 Å². The van der Waals surface area contributed by atoms with Crippen LogP contribution in [0.3, 0.4) is 0 Å². The number of aliphatic hydroxyl groups is 1. The number of rotatable bonds is 9. The van der Waals surface area contributed by atoms with E-state index in [1.165, 1.54) is 0 Å². The minimum absolute atomic E-state index is 0.190. The van der Waals surface area contributed by atoms with Crippen molar-refractivity contribution in [2.45, 2.75) is 12.6 Å². The molecule has 2 N–H and O–H groups in total. The molecule has 1 aromatic rings. The topological polar surface area (TPSA) is 77.0 Å². The molecule has 0 bridgehead atoms. The van der Waals surface area contributed by atoms with Gasteiger partial charge in [-0.05, 0) is 5.56 Å². The van der Waals surface area contributed by atoms with Gasteiger partial charge >= 0.3 is 6.09 Å². The molecule has 112 valence electrons. The van der Waals surface area contributed by atoms with Crippen LogP contribution in [0.5, 0.6) is 0 Å². The molecule has 6 heteroatoms.